The van der Waals surface area contributed by atoms with Crippen LogP contribution >= 0.6 is 23.2 Å². The van der Waals surface area contributed by atoms with Crippen LogP contribution in [-0.2, 0) is 0 Å². The van der Waals surface area contributed by atoms with E-state index in [-0.39, 0.29) is 6.04 Å². The van der Waals surface area contributed by atoms with Crippen molar-refractivity contribution in [2.24, 2.45) is 0 Å². The molecule has 0 saturated heterocycles. The fourth-order valence-electron chi connectivity index (χ4n) is 5.06. The van der Waals surface area contributed by atoms with Gasteiger partial charge in [-0.15, -0.1) is 5.53 Å². The van der Waals surface area contributed by atoms with Crippen LogP contribution in [0.15, 0.2) is 84.8 Å². The number of hydrogen-bond acceptors (Lipinski definition) is 8. The summed E-state index contributed by atoms with van der Waals surface area (Å²) in [6, 6.07) is 23.7. The lowest BCUT2D eigenvalue weighted by Gasteiger charge is -2.24. The van der Waals surface area contributed by atoms with Crippen LogP contribution < -0.4 is 21.6 Å². The minimum atomic E-state index is -1.53. The van der Waals surface area contributed by atoms with Gasteiger partial charge in [-0.1, -0.05) is 71.7 Å². The maximum absolute atomic E-state index is 10.1. The molecule has 10 heteroatoms. The number of pyridine rings is 1. The summed E-state index contributed by atoms with van der Waals surface area (Å²) >= 11 is 13.5. The van der Waals surface area contributed by atoms with Gasteiger partial charge in [0.15, 0.2) is 0 Å². The van der Waals surface area contributed by atoms with Gasteiger partial charge in [0, 0.05) is 41.0 Å². The molecule has 4 N–H and O–H groups in total. The van der Waals surface area contributed by atoms with Crippen LogP contribution in [-0.4, -0.2) is 16.0 Å². The van der Waals surface area contributed by atoms with E-state index in [1.54, 1.807) is 12.1 Å². The lowest BCUT2D eigenvalue weighted by molar-refractivity contribution is 0.260. The highest BCUT2D eigenvalue weighted by atomic mass is 35.5. The molecule has 3 aromatic carbocycles. The lowest BCUT2D eigenvalue weighted by atomic mass is 10.00. The number of rotatable bonds is 10. The summed E-state index contributed by atoms with van der Waals surface area (Å²) in [5, 5.41) is 29.6. The number of benzene rings is 3. The Hall–Kier alpha value is -4.47. The quantitative estimate of drug-likeness (QED) is 0.150. The van der Waals surface area contributed by atoms with Crippen LogP contribution in [0.2, 0.25) is 10.0 Å². The zero-order valence-electron chi connectivity index (χ0n) is 23.5. The fraction of sp³-hybridized carbons (Fsp3) is 0.219. The van der Waals surface area contributed by atoms with E-state index in [2.05, 4.69) is 38.7 Å². The van der Waals surface area contributed by atoms with Crippen molar-refractivity contribution in [1.82, 2.24) is 21.0 Å². The van der Waals surface area contributed by atoms with Crippen LogP contribution in [0.4, 0.5) is 11.4 Å². The lowest BCUT2D eigenvalue weighted by Crippen LogP contribution is -2.38. The number of halogens is 2. The molecule has 6 rings (SSSR count). The predicted octanol–water partition coefficient (Wildman–Crippen LogP) is 7.35. The second-order valence-electron chi connectivity index (χ2n) is 10.2. The van der Waals surface area contributed by atoms with Crippen LogP contribution in [0.25, 0.3) is 10.9 Å². The highest BCUT2D eigenvalue weighted by molar-refractivity contribution is 6.36. The molecule has 1 fully saturated rings. The van der Waals surface area contributed by atoms with Crippen molar-refractivity contribution in [2.45, 2.75) is 43.8 Å². The Morgan fingerprint density at radius 1 is 1.05 bits per heavy atom. The molecule has 0 amide bonds. The molecule has 2 atom stereocenters. The third kappa shape index (κ3) is 5.79. The van der Waals surface area contributed by atoms with Crippen molar-refractivity contribution < 1.29 is 1.37 Å². The maximum atomic E-state index is 10.1. The number of hydrogen-bond donors (Lipinski definition) is 4. The van der Waals surface area contributed by atoms with Crippen LogP contribution in [0, 0.1) is 22.7 Å². The van der Waals surface area contributed by atoms with Crippen molar-refractivity contribution in [1.29, 1.82) is 10.5 Å². The van der Waals surface area contributed by atoms with Gasteiger partial charge >= 0.3 is 0 Å². The van der Waals surface area contributed by atoms with E-state index in [1.165, 1.54) is 6.20 Å². The summed E-state index contributed by atoms with van der Waals surface area (Å²) in [5.41, 5.74) is 10.3. The smallest absolute Gasteiger partial charge is 0.103 e. The molecule has 42 heavy (non-hydrogen) atoms. The Bertz CT molecular complexity index is 1780. The minimum Gasteiger partial charge on any atom is -0.377 e. The third-order valence-electron chi connectivity index (χ3n) is 7.32. The van der Waals surface area contributed by atoms with Crippen molar-refractivity contribution in [2.75, 3.05) is 10.6 Å². The van der Waals surface area contributed by atoms with Crippen molar-refractivity contribution in [3.8, 4) is 12.1 Å². The molecule has 1 aliphatic carbocycles. The normalized spacial score (nSPS) is 16.8. The van der Waals surface area contributed by atoms with E-state index < -0.39 is 6.02 Å². The standard InChI is InChI=1S/C32H28Cl2N8/c33-26-10-5-4-9-24(26)32(29-19-42(41-40-29)23-12-13-23)38-22-15-25-30(21(17-36)18-37-31(25)27(34)16-22)39-28(11-6-14-35)20-7-2-1-3-8-20/h1-5,7-10,15-16,18-19,23,28,32,38,40-41H,6,11-13H2,(H,37,39)/i32D. The second kappa shape index (κ2) is 12.2. The third-order valence-corrected chi connectivity index (χ3v) is 7.94. The maximum Gasteiger partial charge on any atom is 0.103 e. The van der Waals surface area contributed by atoms with E-state index >= 15 is 0 Å². The summed E-state index contributed by atoms with van der Waals surface area (Å²) in [7, 11) is 0. The Kier molecular flexibility index (Phi) is 7.67. The highest BCUT2D eigenvalue weighted by Gasteiger charge is 2.33. The molecule has 2 aliphatic rings. The monoisotopic (exact) mass is 595 g/mol. The van der Waals surface area contributed by atoms with Crippen LogP contribution in [0.5, 0.6) is 0 Å². The predicted molar refractivity (Wildman–Crippen MR) is 166 cm³/mol. The number of fused-ring (bicyclic) bond motifs is 1. The largest absolute Gasteiger partial charge is 0.377 e. The molecule has 4 aromatic rings. The molecule has 2 unspecified atom stereocenters. The molecule has 1 aliphatic heterocycles. The van der Waals surface area contributed by atoms with Crippen molar-refractivity contribution in [3.05, 3.63) is 112 Å². The first-order valence-electron chi connectivity index (χ1n) is 14.2. The van der Waals surface area contributed by atoms with Crippen molar-refractivity contribution in [3.63, 3.8) is 0 Å². The van der Waals surface area contributed by atoms with E-state index in [4.69, 9.17) is 23.2 Å². The summed E-state index contributed by atoms with van der Waals surface area (Å²) < 4.78 is 9.75. The zero-order chi connectivity index (χ0) is 30.0. The van der Waals surface area contributed by atoms with E-state index in [0.29, 0.717) is 68.0 Å². The SMILES string of the molecule is [2H]C(Nc1cc(Cl)c2ncc(C#N)c(NC(CCC#N)c3ccccc3)c2c1)(C1=CN(C2CC2)NN1)c1ccccc1Cl. The van der Waals surface area contributed by atoms with E-state index in [0.717, 1.165) is 18.4 Å². The molecule has 2 heterocycles. The van der Waals surface area contributed by atoms with Gasteiger partial charge in [-0.3, -0.25) is 9.99 Å². The minimum absolute atomic E-state index is 0.236. The number of nitrogens with zero attached hydrogens (tertiary/aromatic N) is 4. The summed E-state index contributed by atoms with van der Waals surface area (Å²) in [5.74, 6) is 0. The van der Waals surface area contributed by atoms with Gasteiger partial charge in [0.05, 0.1) is 47.0 Å². The van der Waals surface area contributed by atoms with Crippen molar-refractivity contribution >= 4 is 45.5 Å². The first-order chi connectivity index (χ1) is 20.9. The average molecular weight is 597 g/mol. The molecule has 1 aromatic heterocycles. The topological polar surface area (TPSA) is 112 Å². The molecule has 8 nitrogen and oxygen atoms in total. The van der Waals surface area contributed by atoms with Gasteiger partial charge in [-0.2, -0.15) is 10.5 Å². The number of nitrogens with one attached hydrogen (secondary N) is 4. The van der Waals surface area contributed by atoms with Gasteiger partial charge in [0.1, 0.15) is 6.07 Å². The van der Waals surface area contributed by atoms with Crippen LogP contribution in [0.1, 0.15) is 55.8 Å². The van der Waals surface area contributed by atoms with Gasteiger partial charge in [-0.05, 0) is 48.6 Å². The van der Waals surface area contributed by atoms with Gasteiger partial charge in [0.25, 0.3) is 0 Å². The Labute approximate surface area is 255 Å². The zero-order valence-corrected chi connectivity index (χ0v) is 24.0. The Morgan fingerprint density at radius 3 is 2.57 bits per heavy atom. The fourth-order valence-corrected chi connectivity index (χ4v) is 5.55. The average Bonchev–Trinajstić information content (AvgIpc) is 3.75. The summed E-state index contributed by atoms with van der Waals surface area (Å²) in [4.78, 5) is 4.50. The van der Waals surface area contributed by atoms with Crippen LogP contribution in [0.3, 0.4) is 0 Å². The number of aromatic nitrogens is 1. The first kappa shape index (κ1) is 26.4. The number of nitriles is 2. The number of anilines is 2. The molecule has 1 saturated carbocycles. The van der Waals surface area contributed by atoms with Gasteiger partial charge < -0.3 is 16.1 Å². The molecular formula is C32H28Cl2N8. The first-order valence-corrected chi connectivity index (χ1v) is 14.4. The summed E-state index contributed by atoms with van der Waals surface area (Å²) in [6.45, 7) is 0. The Balaban J connectivity index is 1.45. The van der Waals surface area contributed by atoms with E-state index in [9.17, 15) is 11.9 Å². The molecule has 0 radical (unpaired) electrons. The highest BCUT2D eigenvalue weighted by Crippen LogP contribution is 2.39. The summed E-state index contributed by atoms with van der Waals surface area (Å²) in [6.07, 6.45) is 6.41. The number of hydrazine groups is 2. The molecule has 210 valence electrons. The van der Waals surface area contributed by atoms with Gasteiger partial charge in [0.2, 0.25) is 0 Å². The van der Waals surface area contributed by atoms with Gasteiger partial charge in [-0.25, -0.2) is 0 Å². The Morgan fingerprint density at radius 2 is 1.83 bits per heavy atom. The van der Waals surface area contributed by atoms with E-state index in [1.807, 2.05) is 65.8 Å². The molecular weight excluding hydrogens is 567 g/mol. The molecule has 0 spiro atoms. The molecule has 0 bridgehead atoms. The second-order valence-corrected chi connectivity index (χ2v) is 11.0.